The average Bonchev–Trinajstić information content (AvgIpc) is 2.86. The zero-order chi connectivity index (χ0) is 12.5. The van der Waals surface area contributed by atoms with Crippen molar-refractivity contribution in [2.45, 2.75) is 38.1 Å². The first-order valence-corrected chi connectivity index (χ1v) is 6.81. The number of benzene rings is 1. The molecule has 1 heterocycles. The molecule has 1 aromatic rings. The highest BCUT2D eigenvalue weighted by molar-refractivity contribution is 5.84. The van der Waals surface area contributed by atoms with Gasteiger partial charge in [0.1, 0.15) is 5.82 Å². The Morgan fingerprint density at radius 1 is 1.22 bits per heavy atom. The molecule has 2 fully saturated rings. The lowest BCUT2D eigenvalue weighted by molar-refractivity contribution is 0.112. The van der Waals surface area contributed by atoms with Gasteiger partial charge in [0.05, 0.1) is 0 Å². The van der Waals surface area contributed by atoms with Crippen LogP contribution >= 0.6 is 0 Å². The molecule has 2 nitrogen and oxygen atoms in total. The second-order valence-electron chi connectivity index (χ2n) is 5.41. The molecule has 3 heteroatoms. The Morgan fingerprint density at radius 3 is 2.89 bits per heavy atom. The second-order valence-corrected chi connectivity index (χ2v) is 5.41. The van der Waals surface area contributed by atoms with Crippen molar-refractivity contribution in [1.29, 1.82) is 0 Å². The summed E-state index contributed by atoms with van der Waals surface area (Å²) in [7, 11) is 0. The van der Waals surface area contributed by atoms with Crippen LogP contribution in [0.15, 0.2) is 18.2 Å². The summed E-state index contributed by atoms with van der Waals surface area (Å²) in [6.07, 6.45) is 7.05. The molecule has 2 atom stereocenters. The minimum atomic E-state index is -0.333. The molecule has 1 aliphatic heterocycles. The molecule has 2 unspecified atom stereocenters. The van der Waals surface area contributed by atoms with Gasteiger partial charge in [0.2, 0.25) is 0 Å². The quantitative estimate of drug-likeness (QED) is 0.746. The highest BCUT2D eigenvalue weighted by Gasteiger charge is 2.35. The summed E-state index contributed by atoms with van der Waals surface area (Å²) in [4.78, 5) is 13.5. The van der Waals surface area contributed by atoms with Crippen LogP contribution in [0.25, 0.3) is 0 Å². The molecular formula is C15H18FNO. The Labute approximate surface area is 107 Å². The third kappa shape index (κ3) is 1.92. The van der Waals surface area contributed by atoms with Crippen molar-refractivity contribution in [3.8, 4) is 0 Å². The van der Waals surface area contributed by atoms with Gasteiger partial charge in [-0.05, 0) is 49.8 Å². The van der Waals surface area contributed by atoms with Crippen molar-refractivity contribution >= 4 is 12.0 Å². The summed E-state index contributed by atoms with van der Waals surface area (Å²) in [5.74, 6) is 0.434. The summed E-state index contributed by atoms with van der Waals surface area (Å²) in [6.45, 7) is 0.994. The first-order valence-electron chi connectivity index (χ1n) is 6.81. The van der Waals surface area contributed by atoms with Crippen molar-refractivity contribution < 1.29 is 9.18 Å². The number of carbonyl (C=O) groups excluding carboxylic acids is 1. The van der Waals surface area contributed by atoms with Crippen LogP contribution in [0.1, 0.15) is 42.5 Å². The number of hydrogen-bond acceptors (Lipinski definition) is 2. The summed E-state index contributed by atoms with van der Waals surface area (Å²) in [5.41, 5.74) is 1.41. The lowest BCUT2D eigenvalue weighted by Gasteiger charge is -2.40. The van der Waals surface area contributed by atoms with Gasteiger partial charge in [0.25, 0.3) is 0 Å². The summed E-state index contributed by atoms with van der Waals surface area (Å²) >= 11 is 0. The van der Waals surface area contributed by atoms with E-state index in [0.29, 0.717) is 11.6 Å². The van der Waals surface area contributed by atoms with E-state index in [9.17, 15) is 9.18 Å². The molecule has 0 amide bonds. The van der Waals surface area contributed by atoms with Crippen LogP contribution < -0.4 is 4.90 Å². The van der Waals surface area contributed by atoms with E-state index < -0.39 is 0 Å². The van der Waals surface area contributed by atoms with Crippen molar-refractivity contribution in [3.05, 3.63) is 29.6 Å². The maximum absolute atomic E-state index is 13.2. The van der Waals surface area contributed by atoms with E-state index in [0.717, 1.165) is 24.4 Å². The predicted octanol–water partition coefficient (Wildman–Crippen LogP) is 3.41. The number of piperidine rings is 1. The maximum Gasteiger partial charge on any atom is 0.152 e. The van der Waals surface area contributed by atoms with Gasteiger partial charge in [-0.1, -0.05) is 6.42 Å². The molecule has 18 heavy (non-hydrogen) atoms. The molecule has 1 saturated heterocycles. The predicted molar refractivity (Wildman–Crippen MR) is 69.5 cm³/mol. The zero-order valence-electron chi connectivity index (χ0n) is 10.4. The fourth-order valence-electron chi connectivity index (χ4n) is 3.63. The minimum Gasteiger partial charge on any atom is -0.368 e. The van der Waals surface area contributed by atoms with Crippen LogP contribution in [0.5, 0.6) is 0 Å². The van der Waals surface area contributed by atoms with Gasteiger partial charge in [-0.15, -0.1) is 0 Å². The van der Waals surface area contributed by atoms with Gasteiger partial charge >= 0.3 is 0 Å². The number of carbonyl (C=O) groups is 1. The molecule has 0 bridgehead atoms. The molecule has 0 spiro atoms. The van der Waals surface area contributed by atoms with E-state index >= 15 is 0 Å². The van der Waals surface area contributed by atoms with Crippen LogP contribution in [0.2, 0.25) is 0 Å². The fraction of sp³-hybridized carbons (Fsp3) is 0.533. The van der Waals surface area contributed by atoms with Crippen LogP contribution in [0.4, 0.5) is 10.1 Å². The molecule has 1 aromatic carbocycles. The smallest absolute Gasteiger partial charge is 0.152 e. The summed E-state index contributed by atoms with van der Waals surface area (Å²) in [6, 6.07) is 5.13. The molecule has 1 aliphatic carbocycles. The number of anilines is 1. The Kier molecular flexibility index (Phi) is 3.06. The van der Waals surface area contributed by atoms with Gasteiger partial charge in [-0.3, -0.25) is 4.79 Å². The van der Waals surface area contributed by atoms with Gasteiger partial charge < -0.3 is 4.90 Å². The minimum absolute atomic E-state index is 0.333. The Morgan fingerprint density at radius 2 is 2.06 bits per heavy atom. The Balaban J connectivity index is 1.95. The molecule has 96 valence electrons. The molecule has 2 aliphatic rings. The Bertz CT molecular complexity index is 460. The topological polar surface area (TPSA) is 20.3 Å². The third-order valence-electron chi connectivity index (χ3n) is 4.42. The van der Waals surface area contributed by atoms with Gasteiger partial charge in [-0.2, -0.15) is 0 Å². The Hall–Kier alpha value is -1.38. The highest BCUT2D eigenvalue weighted by atomic mass is 19.1. The van der Waals surface area contributed by atoms with E-state index in [1.807, 2.05) is 0 Å². The number of nitrogens with zero attached hydrogens (tertiary/aromatic N) is 1. The summed E-state index contributed by atoms with van der Waals surface area (Å²) in [5, 5.41) is 0. The number of rotatable bonds is 2. The summed E-state index contributed by atoms with van der Waals surface area (Å²) < 4.78 is 13.2. The lowest BCUT2D eigenvalue weighted by Crippen LogP contribution is -2.43. The zero-order valence-corrected chi connectivity index (χ0v) is 10.4. The number of hydrogen-bond donors (Lipinski definition) is 0. The molecule has 0 N–H and O–H groups in total. The fourth-order valence-corrected chi connectivity index (χ4v) is 3.63. The van der Waals surface area contributed by atoms with E-state index in [4.69, 9.17) is 0 Å². The normalized spacial score (nSPS) is 27.1. The molecule has 1 saturated carbocycles. The molecular weight excluding hydrogens is 229 g/mol. The van der Waals surface area contributed by atoms with E-state index in [-0.39, 0.29) is 5.82 Å². The van der Waals surface area contributed by atoms with Crippen molar-refractivity contribution in [2.75, 3.05) is 11.4 Å². The van der Waals surface area contributed by atoms with Crippen molar-refractivity contribution in [3.63, 3.8) is 0 Å². The van der Waals surface area contributed by atoms with Gasteiger partial charge in [-0.25, -0.2) is 4.39 Å². The number of halogens is 1. The molecule has 3 rings (SSSR count). The monoisotopic (exact) mass is 247 g/mol. The molecule has 0 aromatic heterocycles. The second kappa shape index (κ2) is 4.71. The number of fused-ring (bicyclic) bond motifs is 1. The highest BCUT2D eigenvalue weighted by Crippen LogP contribution is 2.39. The van der Waals surface area contributed by atoms with Crippen LogP contribution in [0.3, 0.4) is 0 Å². The standard InChI is InChI=1S/C15H18FNO/c16-13-6-7-15(12(9-13)10-18)17-8-2-4-11-3-1-5-14(11)17/h6-7,9-11,14H,1-5,8H2. The van der Waals surface area contributed by atoms with E-state index in [1.165, 1.54) is 44.2 Å². The van der Waals surface area contributed by atoms with Gasteiger partial charge in [0, 0.05) is 23.8 Å². The van der Waals surface area contributed by atoms with Gasteiger partial charge in [0.15, 0.2) is 6.29 Å². The lowest BCUT2D eigenvalue weighted by atomic mass is 9.91. The van der Waals surface area contributed by atoms with Crippen molar-refractivity contribution in [1.82, 2.24) is 0 Å². The first-order chi connectivity index (χ1) is 8.79. The van der Waals surface area contributed by atoms with Crippen LogP contribution in [-0.4, -0.2) is 18.9 Å². The third-order valence-corrected chi connectivity index (χ3v) is 4.42. The average molecular weight is 247 g/mol. The van der Waals surface area contributed by atoms with Crippen LogP contribution in [0, 0.1) is 11.7 Å². The van der Waals surface area contributed by atoms with Crippen molar-refractivity contribution in [2.24, 2.45) is 5.92 Å². The van der Waals surface area contributed by atoms with Crippen LogP contribution in [-0.2, 0) is 0 Å². The first kappa shape index (κ1) is 11.7. The SMILES string of the molecule is O=Cc1cc(F)ccc1N1CCCC2CCCC21. The molecule has 0 radical (unpaired) electrons. The largest absolute Gasteiger partial charge is 0.368 e. The van der Waals surface area contributed by atoms with E-state index in [1.54, 1.807) is 6.07 Å². The van der Waals surface area contributed by atoms with E-state index in [2.05, 4.69) is 4.90 Å². The number of aldehydes is 1. The maximum atomic E-state index is 13.2.